The van der Waals surface area contributed by atoms with E-state index in [1.54, 1.807) is 0 Å². The zero-order chi connectivity index (χ0) is 13.7. The summed E-state index contributed by atoms with van der Waals surface area (Å²) in [6.45, 7) is 6.10. The van der Waals surface area contributed by atoms with Crippen molar-refractivity contribution in [1.82, 2.24) is 20.0 Å². The van der Waals surface area contributed by atoms with Gasteiger partial charge in [0.05, 0.1) is 18.9 Å². The molecular formula is C14H26N4O. The van der Waals surface area contributed by atoms with E-state index >= 15 is 0 Å². The zero-order valence-corrected chi connectivity index (χ0v) is 12.3. The average molecular weight is 266 g/mol. The van der Waals surface area contributed by atoms with E-state index in [1.165, 1.54) is 5.56 Å². The summed E-state index contributed by atoms with van der Waals surface area (Å²) in [6.07, 6.45) is 6.43. The van der Waals surface area contributed by atoms with Gasteiger partial charge < -0.3 is 15.0 Å². The van der Waals surface area contributed by atoms with E-state index in [2.05, 4.69) is 35.5 Å². The van der Waals surface area contributed by atoms with Crippen LogP contribution in [0.15, 0.2) is 12.4 Å². The predicted octanol–water partition coefficient (Wildman–Crippen LogP) is 0.661. The lowest BCUT2D eigenvalue weighted by Gasteiger charge is -2.35. The van der Waals surface area contributed by atoms with Crippen LogP contribution in [0.25, 0.3) is 0 Å². The van der Waals surface area contributed by atoms with Gasteiger partial charge in [-0.15, -0.1) is 0 Å². The molecule has 1 aromatic heterocycles. The summed E-state index contributed by atoms with van der Waals surface area (Å²) in [5, 5.41) is 7.88. The second-order valence-electron chi connectivity index (χ2n) is 5.46. The topological polar surface area (TPSA) is 42.3 Å². The van der Waals surface area contributed by atoms with E-state index in [1.807, 2.05) is 17.9 Å². The number of rotatable bonds is 6. The molecule has 5 heteroatoms. The first-order chi connectivity index (χ1) is 9.19. The third-order valence-electron chi connectivity index (χ3n) is 3.62. The molecule has 1 fully saturated rings. The zero-order valence-electron chi connectivity index (χ0n) is 12.3. The molecule has 0 radical (unpaired) electrons. The van der Waals surface area contributed by atoms with E-state index in [0.717, 1.165) is 39.1 Å². The van der Waals surface area contributed by atoms with Gasteiger partial charge in [0, 0.05) is 32.4 Å². The molecule has 1 aliphatic rings. The highest BCUT2D eigenvalue weighted by Gasteiger charge is 2.26. The number of aromatic nitrogens is 2. The minimum Gasteiger partial charge on any atom is -0.374 e. The third kappa shape index (κ3) is 4.30. The second-order valence-corrected chi connectivity index (χ2v) is 5.46. The van der Waals surface area contributed by atoms with Gasteiger partial charge in [-0.2, -0.15) is 5.10 Å². The molecule has 2 rings (SSSR count). The number of ether oxygens (including phenoxy) is 1. The number of aryl methyl sites for hydroxylation is 1. The Morgan fingerprint density at radius 1 is 1.53 bits per heavy atom. The van der Waals surface area contributed by atoms with E-state index in [4.69, 9.17) is 4.74 Å². The fourth-order valence-corrected chi connectivity index (χ4v) is 2.55. The molecule has 108 valence electrons. The molecule has 0 saturated carbocycles. The maximum Gasteiger partial charge on any atom is 0.0858 e. The smallest absolute Gasteiger partial charge is 0.0858 e. The van der Waals surface area contributed by atoms with Gasteiger partial charge in [-0.3, -0.25) is 4.68 Å². The fourth-order valence-electron chi connectivity index (χ4n) is 2.55. The monoisotopic (exact) mass is 266 g/mol. The Kier molecular flexibility index (Phi) is 5.36. The molecule has 0 bridgehead atoms. The van der Waals surface area contributed by atoms with Gasteiger partial charge in [0.25, 0.3) is 0 Å². The molecule has 0 amide bonds. The summed E-state index contributed by atoms with van der Waals surface area (Å²) in [4.78, 5) is 2.35. The van der Waals surface area contributed by atoms with Crippen molar-refractivity contribution in [2.75, 3.05) is 33.3 Å². The molecule has 19 heavy (non-hydrogen) atoms. The number of nitrogens with one attached hydrogen (secondary N) is 1. The number of nitrogens with zero attached hydrogens (tertiary/aromatic N) is 3. The highest BCUT2D eigenvalue weighted by molar-refractivity contribution is 5.07. The molecule has 1 saturated heterocycles. The lowest BCUT2D eigenvalue weighted by atomic mass is 10.0. The molecule has 5 nitrogen and oxygen atoms in total. The first kappa shape index (κ1) is 14.5. The standard InChI is InChI=1S/C14H26N4O/c1-4-5-15-13(8-12-9-16-18(3)10-12)14-11-17(2)6-7-19-14/h9-10,13-15H,4-8,11H2,1-3H3. The van der Waals surface area contributed by atoms with Crippen molar-refractivity contribution in [2.45, 2.75) is 31.9 Å². The van der Waals surface area contributed by atoms with Crippen LogP contribution >= 0.6 is 0 Å². The maximum atomic E-state index is 5.96. The number of morpholine rings is 1. The maximum absolute atomic E-state index is 5.96. The summed E-state index contributed by atoms with van der Waals surface area (Å²) in [5.41, 5.74) is 1.27. The molecule has 0 spiro atoms. The molecular weight excluding hydrogens is 240 g/mol. The van der Waals surface area contributed by atoms with E-state index in [-0.39, 0.29) is 6.10 Å². The van der Waals surface area contributed by atoms with Gasteiger partial charge in [0.1, 0.15) is 0 Å². The van der Waals surface area contributed by atoms with Crippen LogP contribution < -0.4 is 5.32 Å². The molecule has 0 aromatic carbocycles. The van der Waals surface area contributed by atoms with Gasteiger partial charge in [-0.1, -0.05) is 6.92 Å². The lowest BCUT2D eigenvalue weighted by molar-refractivity contribution is -0.0383. The Morgan fingerprint density at radius 2 is 2.37 bits per heavy atom. The van der Waals surface area contributed by atoms with Crippen molar-refractivity contribution in [3.05, 3.63) is 18.0 Å². The first-order valence-electron chi connectivity index (χ1n) is 7.20. The first-order valence-corrected chi connectivity index (χ1v) is 7.20. The van der Waals surface area contributed by atoms with Crippen molar-refractivity contribution in [3.63, 3.8) is 0 Å². The molecule has 0 aliphatic carbocycles. The molecule has 2 heterocycles. The Morgan fingerprint density at radius 3 is 3.00 bits per heavy atom. The Bertz CT molecular complexity index is 379. The van der Waals surface area contributed by atoms with Crippen LogP contribution in [0.5, 0.6) is 0 Å². The van der Waals surface area contributed by atoms with Gasteiger partial charge in [-0.25, -0.2) is 0 Å². The molecule has 1 aromatic rings. The van der Waals surface area contributed by atoms with Gasteiger partial charge in [0.2, 0.25) is 0 Å². The summed E-state index contributed by atoms with van der Waals surface area (Å²) < 4.78 is 7.82. The minimum atomic E-state index is 0.269. The third-order valence-corrected chi connectivity index (χ3v) is 3.62. The summed E-state index contributed by atoms with van der Waals surface area (Å²) in [7, 11) is 4.12. The quantitative estimate of drug-likeness (QED) is 0.821. The van der Waals surface area contributed by atoms with Crippen LogP contribution in [0, 0.1) is 0 Å². The number of hydrogen-bond acceptors (Lipinski definition) is 4. The van der Waals surface area contributed by atoms with Crippen LogP contribution in [0.4, 0.5) is 0 Å². The van der Waals surface area contributed by atoms with Crippen molar-refractivity contribution in [1.29, 1.82) is 0 Å². The van der Waals surface area contributed by atoms with Gasteiger partial charge in [0.15, 0.2) is 0 Å². The van der Waals surface area contributed by atoms with Crippen LogP contribution in [-0.4, -0.2) is 60.1 Å². The van der Waals surface area contributed by atoms with Crippen molar-refractivity contribution < 1.29 is 4.74 Å². The molecule has 2 unspecified atom stereocenters. The SMILES string of the molecule is CCCNC(Cc1cnn(C)c1)C1CN(C)CCO1. The predicted molar refractivity (Wildman–Crippen MR) is 76.2 cm³/mol. The lowest BCUT2D eigenvalue weighted by Crippen LogP contribution is -2.52. The molecule has 2 atom stereocenters. The average Bonchev–Trinajstić information content (AvgIpc) is 2.80. The number of likely N-dealkylation sites (N-methyl/N-ethyl adjacent to an activating group) is 1. The second kappa shape index (κ2) is 7.03. The molecule has 1 N–H and O–H groups in total. The highest BCUT2D eigenvalue weighted by Crippen LogP contribution is 2.12. The number of hydrogen-bond donors (Lipinski definition) is 1. The molecule has 1 aliphatic heterocycles. The van der Waals surface area contributed by atoms with Crippen molar-refractivity contribution in [3.8, 4) is 0 Å². The van der Waals surface area contributed by atoms with Crippen molar-refractivity contribution >= 4 is 0 Å². The van der Waals surface area contributed by atoms with E-state index < -0.39 is 0 Å². The Balaban J connectivity index is 1.97. The largest absolute Gasteiger partial charge is 0.374 e. The summed E-state index contributed by atoms with van der Waals surface area (Å²) in [5.74, 6) is 0. The van der Waals surface area contributed by atoms with Crippen LogP contribution in [0.3, 0.4) is 0 Å². The minimum absolute atomic E-state index is 0.269. The van der Waals surface area contributed by atoms with Gasteiger partial charge >= 0.3 is 0 Å². The van der Waals surface area contributed by atoms with Crippen LogP contribution in [0.2, 0.25) is 0 Å². The van der Waals surface area contributed by atoms with Gasteiger partial charge in [-0.05, 0) is 32.0 Å². The van der Waals surface area contributed by atoms with Crippen molar-refractivity contribution in [2.24, 2.45) is 7.05 Å². The van der Waals surface area contributed by atoms with E-state index in [9.17, 15) is 0 Å². The normalized spacial score (nSPS) is 22.6. The van der Waals surface area contributed by atoms with Crippen LogP contribution in [0.1, 0.15) is 18.9 Å². The van der Waals surface area contributed by atoms with Crippen LogP contribution in [-0.2, 0) is 18.2 Å². The van der Waals surface area contributed by atoms with E-state index in [0.29, 0.717) is 6.04 Å². The highest BCUT2D eigenvalue weighted by atomic mass is 16.5. The fraction of sp³-hybridized carbons (Fsp3) is 0.786. The Hall–Kier alpha value is -0.910. The summed E-state index contributed by atoms with van der Waals surface area (Å²) in [6, 6.07) is 0.367. The Labute approximate surface area is 115 Å². The summed E-state index contributed by atoms with van der Waals surface area (Å²) >= 11 is 0.